The Morgan fingerprint density at radius 3 is 2.62 bits per heavy atom. The Labute approximate surface area is 126 Å². The minimum absolute atomic E-state index is 0.753. The maximum Gasteiger partial charge on any atom is 0.0645 e. The first-order valence-electron chi connectivity index (χ1n) is 7.32. The van der Waals surface area contributed by atoms with E-state index in [4.69, 9.17) is 4.74 Å². The Morgan fingerprint density at radius 1 is 1.10 bits per heavy atom. The van der Waals surface area contributed by atoms with Gasteiger partial charge in [-0.2, -0.15) is 5.10 Å². The third-order valence-electron chi connectivity index (χ3n) is 3.30. The second-order valence-corrected chi connectivity index (χ2v) is 4.94. The van der Waals surface area contributed by atoms with Gasteiger partial charge in [-0.3, -0.25) is 0 Å². The molecule has 0 aliphatic carbocycles. The first-order valence-corrected chi connectivity index (χ1v) is 7.32. The highest BCUT2D eigenvalue weighted by atomic mass is 16.5. The van der Waals surface area contributed by atoms with E-state index in [1.54, 1.807) is 7.11 Å². The molecule has 0 amide bonds. The Balaban J connectivity index is 1.78. The highest BCUT2D eigenvalue weighted by molar-refractivity contribution is 5.32. The highest BCUT2D eigenvalue weighted by Gasteiger charge is 2.05. The molecule has 0 aliphatic rings. The van der Waals surface area contributed by atoms with Crippen molar-refractivity contribution in [3.63, 3.8) is 0 Å². The van der Waals surface area contributed by atoms with Crippen LogP contribution in [0.5, 0.6) is 0 Å². The average Bonchev–Trinajstić information content (AvgIpc) is 2.88. The summed E-state index contributed by atoms with van der Waals surface area (Å²) in [6.45, 7) is 6.40. The number of benzene rings is 1. The van der Waals surface area contributed by atoms with Crippen LogP contribution in [0, 0.1) is 6.92 Å². The number of ether oxygens (including phenoxy) is 1. The molecular formula is C16H24N4O. The standard InChI is InChI=1S/C16H24N4O/c1-14-15(12-18-9-8-17-10-11-21-2)13-20(19-14)16-6-4-3-5-7-16/h3-7,13,17-18H,8-12H2,1-2H3. The minimum Gasteiger partial charge on any atom is -0.383 e. The number of para-hydroxylation sites is 1. The molecule has 1 aromatic heterocycles. The Bertz CT molecular complexity index is 524. The maximum atomic E-state index is 4.98. The van der Waals surface area contributed by atoms with Crippen LogP contribution in [0.2, 0.25) is 0 Å². The molecule has 0 spiro atoms. The summed E-state index contributed by atoms with van der Waals surface area (Å²) in [4.78, 5) is 0. The summed E-state index contributed by atoms with van der Waals surface area (Å²) in [6.07, 6.45) is 2.09. The lowest BCUT2D eigenvalue weighted by atomic mass is 10.2. The number of nitrogens with zero attached hydrogens (tertiary/aromatic N) is 2. The van der Waals surface area contributed by atoms with Gasteiger partial charge in [-0.1, -0.05) is 18.2 Å². The van der Waals surface area contributed by atoms with E-state index in [0.29, 0.717) is 0 Å². The number of methoxy groups -OCH3 is 1. The number of hydrogen-bond acceptors (Lipinski definition) is 4. The van der Waals surface area contributed by atoms with Gasteiger partial charge in [0.1, 0.15) is 0 Å². The number of rotatable bonds is 9. The summed E-state index contributed by atoms with van der Waals surface area (Å²) >= 11 is 0. The van der Waals surface area contributed by atoms with Gasteiger partial charge >= 0.3 is 0 Å². The van der Waals surface area contributed by atoms with E-state index in [9.17, 15) is 0 Å². The lowest BCUT2D eigenvalue weighted by Crippen LogP contribution is -2.29. The lowest BCUT2D eigenvalue weighted by Gasteiger charge is -2.05. The van der Waals surface area contributed by atoms with Crippen molar-refractivity contribution >= 4 is 0 Å². The molecule has 0 aliphatic heterocycles. The molecule has 21 heavy (non-hydrogen) atoms. The summed E-state index contributed by atoms with van der Waals surface area (Å²) in [5.74, 6) is 0. The molecule has 0 fully saturated rings. The smallest absolute Gasteiger partial charge is 0.0645 e. The molecular weight excluding hydrogens is 264 g/mol. The van der Waals surface area contributed by atoms with E-state index in [-0.39, 0.29) is 0 Å². The summed E-state index contributed by atoms with van der Waals surface area (Å²) in [5.41, 5.74) is 3.39. The van der Waals surface area contributed by atoms with Gasteiger partial charge in [0, 0.05) is 45.0 Å². The van der Waals surface area contributed by atoms with Crippen LogP contribution < -0.4 is 10.6 Å². The molecule has 2 aromatic rings. The van der Waals surface area contributed by atoms with Crippen molar-refractivity contribution in [2.45, 2.75) is 13.5 Å². The van der Waals surface area contributed by atoms with E-state index in [0.717, 1.165) is 44.2 Å². The monoisotopic (exact) mass is 288 g/mol. The first kappa shape index (κ1) is 15.7. The molecule has 0 bridgehead atoms. The number of aromatic nitrogens is 2. The van der Waals surface area contributed by atoms with Crippen molar-refractivity contribution in [1.82, 2.24) is 20.4 Å². The summed E-state index contributed by atoms with van der Waals surface area (Å²) < 4.78 is 6.92. The largest absolute Gasteiger partial charge is 0.383 e. The number of hydrogen-bond donors (Lipinski definition) is 2. The molecule has 5 nitrogen and oxygen atoms in total. The molecule has 114 valence electrons. The molecule has 1 aromatic carbocycles. The molecule has 1 heterocycles. The van der Waals surface area contributed by atoms with Crippen molar-refractivity contribution in [1.29, 1.82) is 0 Å². The molecule has 2 rings (SSSR count). The van der Waals surface area contributed by atoms with Crippen molar-refractivity contribution < 1.29 is 4.74 Å². The van der Waals surface area contributed by atoms with Crippen LogP contribution in [0.1, 0.15) is 11.3 Å². The van der Waals surface area contributed by atoms with Crippen molar-refractivity contribution in [2.24, 2.45) is 0 Å². The van der Waals surface area contributed by atoms with Crippen molar-refractivity contribution in [3.8, 4) is 5.69 Å². The number of nitrogens with one attached hydrogen (secondary N) is 2. The fraction of sp³-hybridized carbons (Fsp3) is 0.438. The van der Waals surface area contributed by atoms with Gasteiger partial charge in [0.15, 0.2) is 0 Å². The third-order valence-corrected chi connectivity index (χ3v) is 3.30. The number of aryl methyl sites for hydroxylation is 1. The fourth-order valence-electron chi connectivity index (χ4n) is 2.08. The zero-order valence-electron chi connectivity index (χ0n) is 12.8. The van der Waals surface area contributed by atoms with Crippen LogP contribution in [-0.2, 0) is 11.3 Å². The Kier molecular flexibility index (Phi) is 6.40. The van der Waals surface area contributed by atoms with Crippen LogP contribution in [0.4, 0.5) is 0 Å². The normalized spacial score (nSPS) is 11.0. The summed E-state index contributed by atoms with van der Waals surface area (Å²) in [5, 5.41) is 11.3. The van der Waals surface area contributed by atoms with Gasteiger partial charge in [0.2, 0.25) is 0 Å². The quantitative estimate of drug-likeness (QED) is 0.687. The predicted octanol–water partition coefficient (Wildman–Crippen LogP) is 1.51. The average molecular weight is 288 g/mol. The van der Waals surface area contributed by atoms with E-state index in [1.807, 2.05) is 29.8 Å². The molecule has 2 N–H and O–H groups in total. The fourth-order valence-corrected chi connectivity index (χ4v) is 2.08. The van der Waals surface area contributed by atoms with E-state index in [1.165, 1.54) is 5.56 Å². The molecule has 5 heteroatoms. The van der Waals surface area contributed by atoms with Gasteiger partial charge in [-0.05, 0) is 19.1 Å². The van der Waals surface area contributed by atoms with Gasteiger partial charge in [-0.15, -0.1) is 0 Å². The van der Waals surface area contributed by atoms with Crippen molar-refractivity contribution in [3.05, 3.63) is 47.8 Å². The van der Waals surface area contributed by atoms with E-state index >= 15 is 0 Å². The maximum absolute atomic E-state index is 4.98. The molecule has 0 atom stereocenters. The minimum atomic E-state index is 0.753. The van der Waals surface area contributed by atoms with Crippen LogP contribution in [0.25, 0.3) is 5.69 Å². The predicted molar refractivity (Wildman–Crippen MR) is 84.8 cm³/mol. The van der Waals surface area contributed by atoms with Gasteiger partial charge in [-0.25, -0.2) is 4.68 Å². The van der Waals surface area contributed by atoms with Crippen LogP contribution >= 0.6 is 0 Å². The highest BCUT2D eigenvalue weighted by Crippen LogP contribution is 2.11. The van der Waals surface area contributed by atoms with Crippen molar-refractivity contribution in [2.75, 3.05) is 33.4 Å². The second kappa shape index (κ2) is 8.56. The molecule has 0 unspecified atom stereocenters. The molecule has 0 radical (unpaired) electrons. The lowest BCUT2D eigenvalue weighted by molar-refractivity contribution is 0.199. The van der Waals surface area contributed by atoms with E-state index < -0.39 is 0 Å². The SMILES string of the molecule is COCCNCCNCc1cn(-c2ccccc2)nc1C. The molecule has 0 saturated heterocycles. The third kappa shape index (κ3) is 4.97. The first-order chi connectivity index (χ1) is 10.3. The van der Waals surface area contributed by atoms with Crippen LogP contribution in [-0.4, -0.2) is 43.1 Å². The van der Waals surface area contributed by atoms with E-state index in [2.05, 4.69) is 34.1 Å². The zero-order chi connectivity index (χ0) is 14.9. The summed E-state index contributed by atoms with van der Waals surface area (Å²) in [7, 11) is 1.72. The second-order valence-electron chi connectivity index (χ2n) is 4.94. The summed E-state index contributed by atoms with van der Waals surface area (Å²) in [6, 6.07) is 10.2. The van der Waals surface area contributed by atoms with Crippen LogP contribution in [0.15, 0.2) is 36.5 Å². The topological polar surface area (TPSA) is 51.1 Å². The van der Waals surface area contributed by atoms with Crippen LogP contribution in [0.3, 0.4) is 0 Å². The Hall–Kier alpha value is -1.69. The van der Waals surface area contributed by atoms with Gasteiger partial charge in [0.05, 0.1) is 18.0 Å². The Morgan fingerprint density at radius 2 is 1.86 bits per heavy atom. The molecule has 0 saturated carbocycles. The zero-order valence-corrected chi connectivity index (χ0v) is 12.8. The van der Waals surface area contributed by atoms with Gasteiger partial charge < -0.3 is 15.4 Å². The van der Waals surface area contributed by atoms with Gasteiger partial charge in [0.25, 0.3) is 0 Å².